The lowest BCUT2D eigenvalue weighted by molar-refractivity contribution is 0.0702. The Morgan fingerprint density at radius 1 is 1.42 bits per heavy atom. The van der Waals surface area contributed by atoms with Crippen LogP contribution in [0.2, 0.25) is 0 Å². The molecule has 0 fully saturated rings. The van der Waals surface area contributed by atoms with E-state index in [4.69, 9.17) is 5.11 Å². The number of hydrogen-bond acceptors (Lipinski definition) is 4. The molecule has 2 heterocycles. The summed E-state index contributed by atoms with van der Waals surface area (Å²) in [4.78, 5) is 17.1. The number of carbonyl (C=O) groups is 1. The Morgan fingerprint density at radius 2 is 2.11 bits per heavy atom. The van der Waals surface area contributed by atoms with Crippen molar-refractivity contribution in [3.05, 3.63) is 37.5 Å². The maximum Gasteiger partial charge on any atom is 0.345 e. The smallest absolute Gasteiger partial charge is 0.345 e. The van der Waals surface area contributed by atoms with E-state index in [0.29, 0.717) is 4.88 Å². The molecule has 0 aliphatic heterocycles. The first-order valence-corrected chi connectivity index (χ1v) is 7.74. The zero-order valence-corrected chi connectivity index (χ0v) is 13.1. The summed E-state index contributed by atoms with van der Waals surface area (Å²) in [7, 11) is 0. The fraction of sp³-hybridized carbons (Fsp3) is 0.429. The molecule has 0 atom stereocenters. The maximum atomic E-state index is 11.0. The van der Waals surface area contributed by atoms with Gasteiger partial charge in [-0.05, 0) is 18.6 Å². The number of thiophene rings is 1. The van der Waals surface area contributed by atoms with Crippen LogP contribution in [0.4, 0.5) is 0 Å². The lowest BCUT2D eigenvalue weighted by Gasteiger charge is -2.14. The van der Waals surface area contributed by atoms with Crippen molar-refractivity contribution in [2.24, 2.45) is 0 Å². The standard InChI is InChI=1S/C14H17NO2S2/c1-8-5-10(13(16)17)19-9(8)6-12-15-11(7-18-12)14(2,3)4/h5,7H,6H2,1-4H3,(H,16,17). The molecular formula is C14H17NO2S2. The molecule has 0 amide bonds. The summed E-state index contributed by atoms with van der Waals surface area (Å²) in [5.74, 6) is -0.853. The first-order chi connectivity index (χ1) is 8.77. The van der Waals surface area contributed by atoms with Crippen LogP contribution in [-0.2, 0) is 11.8 Å². The number of aryl methyl sites for hydroxylation is 1. The molecule has 1 N–H and O–H groups in total. The van der Waals surface area contributed by atoms with Crippen LogP contribution in [0.1, 0.15) is 51.6 Å². The molecule has 102 valence electrons. The van der Waals surface area contributed by atoms with Gasteiger partial charge < -0.3 is 5.11 Å². The van der Waals surface area contributed by atoms with Gasteiger partial charge in [0.05, 0.1) is 10.7 Å². The van der Waals surface area contributed by atoms with Crippen molar-refractivity contribution in [3.8, 4) is 0 Å². The van der Waals surface area contributed by atoms with E-state index < -0.39 is 5.97 Å². The normalized spacial score (nSPS) is 11.8. The summed E-state index contributed by atoms with van der Waals surface area (Å²) in [5, 5.41) is 12.1. The van der Waals surface area contributed by atoms with E-state index >= 15 is 0 Å². The van der Waals surface area contributed by atoms with E-state index in [-0.39, 0.29) is 5.41 Å². The highest BCUT2D eigenvalue weighted by Gasteiger charge is 2.18. The van der Waals surface area contributed by atoms with Gasteiger partial charge in [-0.1, -0.05) is 20.8 Å². The monoisotopic (exact) mass is 295 g/mol. The number of carboxylic acids is 1. The number of hydrogen-bond donors (Lipinski definition) is 1. The number of rotatable bonds is 3. The number of aromatic nitrogens is 1. The van der Waals surface area contributed by atoms with Crippen LogP contribution in [0.5, 0.6) is 0 Å². The SMILES string of the molecule is Cc1cc(C(=O)O)sc1Cc1nc(C(C)(C)C)cs1. The molecule has 0 saturated heterocycles. The summed E-state index contributed by atoms with van der Waals surface area (Å²) in [6.07, 6.45) is 0.727. The number of carboxylic acid groups (broad SMARTS) is 1. The van der Waals surface area contributed by atoms with Crippen molar-refractivity contribution in [2.75, 3.05) is 0 Å². The van der Waals surface area contributed by atoms with Crippen LogP contribution in [0.15, 0.2) is 11.4 Å². The third-order valence-corrected chi connectivity index (χ3v) is 4.94. The number of nitrogens with zero attached hydrogens (tertiary/aromatic N) is 1. The first kappa shape index (κ1) is 14.2. The van der Waals surface area contributed by atoms with Crippen LogP contribution in [0, 0.1) is 6.92 Å². The van der Waals surface area contributed by atoms with E-state index in [0.717, 1.165) is 27.6 Å². The minimum atomic E-state index is -0.853. The zero-order chi connectivity index (χ0) is 14.2. The molecular weight excluding hydrogens is 278 g/mol. The molecule has 3 nitrogen and oxygen atoms in total. The summed E-state index contributed by atoms with van der Waals surface area (Å²) < 4.78 is 0. The second-order valence-electron chi connectivity index (χ2n) is 5.58. The van der Waals surface area contributed by atoms with E-state index in [1.165, 1.54) is 11.3 Å². The second kappa shape index (κ2) is 5.06. The average Bonchev–Trinajstić information content (AvgIpc) is 2.86. The van der Waals surface area contributed by atoms with Crippen LogP contribution in [-0.4, -0.2) is 16.1 Å². The Kier molecular flexibility index (Phi) is 3.78. The summed E-state index contributed by atoms with van der Waals surface area (Å²) in [5.41, 5.74) is 2.20. The average molecular weight is 295 g/mol. The number of thiazole rings is 1. The molecule has 0 spiro atoms. The maximum absolute atomic E-state index is 11.0. The molecule has 0 aliphatic carbocycles. The number of aromatic carboxylic acids is 1. The predicted molar refractivity (Wildman–Crippen MR) is 79.6 cm³/mol. The highest BCUT2D eigenvalue weighted by Crippen LogP contribution is 2.28. The Morgan fingerprint density at radius 3 is 2.58 bits per heavy atom. The van der Waals surface area contributed by atoms with Crippen LogP contribution < -0.4 is 0 Å². The van der Waals surface area contributed by atoms with Crippen molar-refractivity contribution in [3.63, 3.8) is 0 Å². The molecule has 0 aromatic carbocycles. The lowest BCUT2D eigenvalue weighted by atomic mass is 9.93. The Balaban J connectivity index is 2.22. The van der Waals surface area contributed by atoms with Gasteiger partial charge >= 0.3 is 5.97 Å². The van der Waals surface area contributed by atoms with Crippen molar-refractivity contribution in [1.82, 2.24) is 4.98 Å². The van der Waals surface area contributed by atoms with Crippen molar-refractivity contribution < 1.29 is 9.90 Å². The second-order valence-corrected chi connectivity index (χ2v) is 7.65. The fourth-order valence-electron chi connectivity index (χ4n) is 1.67. The molecule has 0 unspecified atom stereocenters. The van der Waals surface area contributed by atoms with Crippen LogP contribution >= 0.6 is 22.7 Å². The minimum absolute atomic E-state index is 0.0610. The highest BCUT2D eigenvalue weighted by molar-refractivity contribution is 7.14. The molecule has 5 heteroatoms. The van der Waals surface area contributed by atoms with Gasteiger partial charge in [-0.25, -0.2) is 9.78 Å². The van der Waals surface area contributed by atoms with Crippen molar-refractivity contribution in [1.29, 1.82) is 0 Å². The van der Waals surface area contributed by atoms with Crippen molar-refractivity contribution >= 4 is 28.6 Å². The van der Waals surface area contributed by atoms with Gasteiger partial charge in [-0.3, -0.25) is 0 Å². The van der Waals surface area contributed by atoms with Gasteiger partial charge in [0.15, 0.2) is 0 Å². The van der Waals surface area contributed by atoms with Gasteiger partial charge in [0.1, 0.15) is 4.88 Å². The van der Waals surface area contributed by atoms with Crippen LogP contribution in [0.3, 0.4) is 0 Å². The predicted octanol–water partition coefficient (Wildman–Crippen LogP) is 4.10. The summed E-state index contributed by atoms with van der Waals surface area (Å²) >= 11 is 2.99. The Bertz CT molecular complexity index is 605. The van der Waals surface area contributed by atoms with E-state index in [9.17, 15) is 4.79 Å². The molecule has 0 bridgehead atoms. The van der Waals surface area contributed by atoms with Gasteiger partial charge in [-0.2, -0.15) is 0 Å². The van der Waals surface area contributed by atoms with Gasteiger partial charge in [0.2, 0.25) is 0 Å². The molecule has 0 saturated carbocycles. The topological polar surface area (TPSA) is 50.2 Å². The molecule has 2 aromatic heterocycles. The molecule has 2 rings (SSSR count). The molecule has 0 aliphatic rings. The van der Waals surface area contributed by atoms with Gasteiger partial charge in [0.25, 0.3) is 0 Å². The highest BCUT2D eigenvalue weighted by atomic mass is 32.1. The quantitative estimate of drug-likeness (QED) is 0.927. The molecule has 0 radical (unpaired) electrons. The van der Waals surface area contributed by atoms with Crippen LogP contribution in [0.25, 0.3) is 0 Å². The zero-order valence-electron chi connectivity index (χ0n) is 11.5. The largest absolute Gasteiger partial charge is 0.477 e. The molecule has 2 aromatic rings. The van der Waals surface area contributed by atoms with E-state index in [1.807, 2.05) is 6.92 Å². The van der Waals surface area contributed by atoms with Gasteiger partial charge in [-0.15, -0.1) is 22.7 Å². The Labute approximate surface area is 120 Å². The third-order valence-electron chi connectivity index (χ3n) is 2.86. The molecule has 19 heavy (non-hydrogen) atoms. The third kappa shape index (κ3) is 3.22. The van der Waals surface area contributed by atoms with Crippen molar-refractivity contribution in [2.45, 2.75) is 39.5 Å². The lowest BCUT2D eigenvalue weighted by Crippen LogP contribution is -2.11. The summed E-state index contributed by atoms with van der Waals surface area (Å²) in [6, 6.07) is 1.74. The van der Waals surface area contributed by atoms with Gasteiger partial charge in [0, 0.05) is 22.1 Å². The Hall–Kier alpha value is -1.20. The first-order valence-electron chi connectivity index (χ1n) is 6.05. The van der Waals surface area contributed by atoms with E-state index in [1.54, 1.807) is 17.4 Å². The van der Waals surface area contributed by atoms with E-state index in [2.05, 4.69) is 31.1 Å². The minimum Gasteiger partial charge on any atom is -0.477 e. The summed E-state index contributed by atoms with van der Waals surface area (Å²) in [6.45, 7) is 8.39. The fourth-order valence-corrected chi connectivity index (χ4v) is 3.82.